The highest BCUT2D eigenvalue weighted by molar-refractivity contribution is 7.92. The lowest BCUT2D eigenvalue weighted by atomic mass is 10.1. The van der Waals surface area contributed by atoms with E-state index >= 15 is 0 Å². The molecule has 0 saturated heterocycles. The van der Waals surface area contributed by atoms with E-state index in [-0.39, 0.29) is 17.4 Å². The van der Waals surface area contributed by atoms with Crippen LogP contribution < -0.4 is 14.8 Å². The van der Waals surface area contributed by atoms with Gasteiger partial charge in [0.2, 0.25) is 0 Å². The minimum Gasteiger partial charge on any atom is -0.484 e. The third kappa shape index (κ3) is 5.84. The van der Waals surface area contributed by atoms with E-state index in [0.29, 0.717) is 17.1 Å². The van der Waals surface area contributed by atoms with Gasteiger partial charge in [-0.3, -0.25) is 9.52 Å². The molecular weight excluding hydrogens is 400 g/mol. The van der Waals surface area contributed by atoms with Crippen LogP contribution in [-0.4, -0.2) is 20.9 Å². The minimum atomic E-state index is -3.71. The normalized spacial score (nSPS) is 11.0. The van der Waals surface area contributed by atoms with E-state index in [2.05, 4.69) is 17.0 Å². The van der Waals surface area contributed by atoms with E-state index in [1.807, 2.05) is 43.3 Å². The number of nitrogens with one attached hydrogen (secondary N) is 2. The molecule has 0 fully saturated rings. The van der Waals surface area contributed by atoms with E-state index in [1.165, 1.54) is 29.8 Å². The van der Waals surface area contributed by atoms with E-state index in [1.54, 1.807) is 12.1 Å². The molecule has 0 saturated carbocycles. The van der Waals surface area contributed by atoms with Crippen molar-refractivity contribution in [2.45, 2.75) is 25.2 Å². The Bertz CT molecular complexity index is 1090. The molecule has 1 amide bonds. The summed E-state index contributed by atoms with van der Waals surface area (Å²) in [6.07, 6.45) is 0.934. The van der Waals surface area contributed by atoms with Crippen LogP contribution in [-0.2, 0) is 21.2 Å². The van der Waals surface area contributed by atoms with Crippen LogP contribution in [0.3, 0.4) is 0 Å². The Morgan fingerprint density at radius 2 is 1.47 bits per heavy atom. The molecule has 0 atom stereocenters. The average molecular weight is 425 g/mol. The lowest BCUT2D eigenvalue weighted by molar-refractivity contribution is -0.118. The SMILES string of the molecule is CCc1ccc(NC(=O)COc2ccc(S(=O)(=O)Nc3ccc(C)cc3)cc2)cc1. The second-order valence-corrected chi connectivity index (χ2v) is 8.51. The van der Waals surface area contributed by atoms with Crippen molar-refractivity contribution in [1.29, 1.82) is 0 Å². The summed E-state index contributed by atoms with van der Waals surface area (Å²) >= 11 is 0. The third-order valence-electron chi connectivity index (χ3n) is 4.45. The van der Waals surface area contributed by atoms with Crippen LogP contribution in [0, 0.1) is 6.92 Å². The fraction of sp³-hybridized carbons (Fsp3) is 0.174. The van der Waals surface area contributed by atoms with Gasteiger partial charge in [0.15, 0.2) is 6.61 Å². The van der Waals surface area contributed by atoms with Crippen LogP contribution in [0.15, 0.2) is 77.7 Å². The van der Waals surface area contributed by atoms with Crippen molar-refractivity contribution >= 4 is 27.3 Å². The molecule has 0 aromatic heterocycles. The van der Waals surface area contributed by atoms with Crippen molar-refractivity contribution in [3.05, 3.63) is 83.9 Å². The number of ether oxygens (including phenoxy) is 1. The number of benzene rings is 3. The molecule has 0 aliphatic carbocycles. The number of anilines is 2. The van der Waals surface area contributed by atoms with Gasteiger partial charge in [-0.15, -0.1) is 0 Å². The van der Waals surface area contributed by atoms with E-state index in [0.717, 1.165) is 12.0 Å². The smallest absolute Gasteiger partial charge is 0.262 e. The zero-order valence-corrected chi connectivity index (χ0v) is 17.7. The molecule has 0 radical (unpaired) electrons. The van der Waals surface area contributed by atoms with Crippen LogP contribution in [0.2, 0.25) is 0 Å². The van der Waals surface area contributed by atoms with Crippen molar-refractivity contribution in [3.8, 4) is 5.75 Å². The molecule has 3 aromatic carbocycles. The van der Waals surface area contributed by atoms with Crippen LogP contribution in [0.5, 0.6) is 5.75 Å². The van der Waals surface area contributed by atoms with Gasteiger partial charge in [-0.05, 0) is 67.4 Å². The van der Waals surface area contributed by atoms with Gasteiger partial charge >= 0.3 is 0 Å². The number of sulfonamides is 1. The Hall–Kier alpha value is -3.32. The first-order chi connectivity index (χ1) is 14.4. The summed E-state index contributed by atoms with van der Waals surface area (Å²) in [6, 6.07) is 20.6. The topological polar surface area (TPSA) is 84.5 Å². The van der Waals surface area contributed by atoms with Crippen molar-refractivity contribution in [1.82, 2.24) is 0 Å². The predicted octanol–water partition coefficient (Wildman–Crippen LogP) is 4.38. The van der Waals surface area contributed by atoms with Gasteiger partial charge in [0.05, 0.1) is 4.90 Å². The Labute approximate surface area is 177 Å². The number of carbonyl (C=O) groups excluding carboxylic acids is 1. The predicted molar refractivity (Wildman–Crippen MR) is 118 cm³/mol. The molecule has 0 spiro atoms. The average Bonchev–Trinajstić information content (AvgIpc) is 2.74. The summed E-state index contributed by atoms with van der Waals surface area (Å²) in [4.78, 5) is 12.2. The number of amides is 1. The van der Waals surface area contributed by atoms with Crippen LogP contribution in [0.4, 0.5) is 11.4 Å². The number of hydrogen-bond acceptors (Lipinski definition) is 4. The van der Waals surface area contributed by atoms with Gasteiger partial charge in [-0.2, -0.15) is 0 Å². The van der Waals surface area contributed by atoms with E-state index < -0.39 is 10.0 Å². The highest BCUT2D eigenvalue weighted by Gasteiger charge is 2.14. The molecule has 6 nitrogen and oxygen atoms in total. The zero-order valence-electron chi connectivity index (χ0n) is 16.9. The monoisotopic (exact) mass is 424 g/mol. The summed E-state index contributed by atoms with van der Waals surface area (Å²) in [6.45, 7) is 3.82. The van der Waals surface area contributed by atoms with Crippen molar-refractivity contribution < 1.29 is 17.9 Å². The summed E-state index contributed by atoms with van der Waals surface area (Å²) in [5.41, 5.74) is 3.42. The highest BCUT2D eigenvalue weighted by Crippen LogP contribution is 2.20. The summed E-state index contributed by atoms with van der Waals surface area (Å²) in [5.74, 6) is 0.109. The molecule has 0 heterocycles. The van der Waals surface area contributed by atoms with Gasteiger partial charge in [-0.25, -0.2) is 8.42 Å². The van der Waals surface area contributed by atoms with Crippen molar-refractivity contribution in [2.75, 3.05) is 16.6 Å². The van der Waals surface area contributed by atoms with Crippen molar-refractivity contribution in [2.24, 2.45) is 0 Å². The quantitative estimate of drug-likeness (QED) is 0.562. The van der Waals surface area contributed by atoms with Gasteiger partial charge in [0.25, 0.3) is 15.9 Å². The third-order valence-corrected chi connectivity index (χ3v) is 5.85. The molecule has 30 heavy (non-hydrogen) atoms. The Morgan fingerprint density at radius 1 is 0.867 bits per heavy atom. The second-order valence-electron chi connectivity index (χ2n) is 6.83. The second kappa shape index (κ2) is 9.45. The van der Waals surface area contributed by atoms with Crippen LogP contribution >= 0.6 is 0 Å². The van der Waals surface area contributed by atoms with Crippen LogP contribution in [0.1, 0.15) is 18.1 Å². The lowest BCUT2D eigenvalue weighted by Crippen LogP contribution is -2.20. The minimum absolute atomic E-state index is 0.107. The van der Waals surface area contributed by atoms with Gasteiger partial charge in [0.1, 0.15) is 5.75 Å². The molecule has 7 heteroatoms. The van der Waals surface area contributed by atoms with Gasteiger partial charge in [-0.1, -0.05) is 36.8 Å². The Kier molecular flexibility index (Phi) is 6.74. The lowest BCUT2D eigenvalue weighted by Gasteiger charge is -2.10. The molecule has 3 aromatic rings. The van der Waals surface area contributed by atoms with Crippen LogP contribution in [0.25, 0.3) is 0 Å². The maximum absolute atomic E-state index is 12.5. The highest BCUT2D eigenvalue weighted by atomic mass is 32.2. The maximum Gasteiger partial charge on any atom is 0.262 e. The molecule has 0 aliphatic heterocycles. The zero-order chi connectivity index (χ0) is 21.6. The molecule has 156 valence electrons. The fourth-order valence-electron chi connectivity index (χ4n) is 2.72. The molecular formula is C23H24N2O4S. The number of aryl methyl sites for hydroxylation is 2. The summed E-state index contributed by atoms with van der Waals surface area (Å²) < 4.78 is 33.0. The summed E-state index contributed by atoms with van der Waals surface area (Å²) in [7, 11) is -3.71. The number of carbonyl (C=O) groups is 1. The molecule has 2 N–H and O–H groups in total. The standard InChI is InChI=1S/C23H24N2O4S/c1-3-18-6-10-19(11-7-18)24-23(26)16-29-21-12-14-22(15-13-21)30(27,28)25-20-8-4-17(2)5-9-20/h4-15,25H,3,16H2,1-2H3,(H,24,26). The van der Waals surface area contributed by atoms with E-state index in [4.69, 9.17) is 4.74 Å². The Morgan fingerprint density at radius 3 is 2.07 bits per heavy atom. The van der Waals surface area contributed by atoms with Gasteiger partial charge in [0, 0.05) is 11.4 Å². The summed E-state index contributed by atoms with van der Waals surface area (Å²) in [5, 5.41) is 2.76. The van der Waals surface area contributed by atoms with Gasteiger partial charge < -0.3 is 10.1 Å². The number of hydrogen-bond donors (Lipinski definition) is 2. The fourth-order valence-corrected chi connectivity index (χ4v) is 3.78. The van der Waals surface area contributed by atoms with Crippen molar-refractivity contribution in [3.63, 3.8) is 0 Å². The molecule has 0 aliphatic rings. The first-order valence-electron chi connectivity index (χ1n) is 9.57. The Balaban J connectivity index is 1.55. The number of rotatable bonds is 8. The largest absolute Gasteiger partial charge is 0.484 e. The first kappa shape index (κ1) is 21.4. The first-order valence-corrected chi connectivity index (χ1v) is 11.0. The molecule has 0 unspecified atom stereocenters. The maximum atomic E-state index is 12.5. The molecule has 3 rings (SSSR count). The van der Waals surface area contributed by atoms with E-state index in [9.17, 15) is 13.2 Å². The molecule has 0 bridgehead atoms.